The highest BCUT2D eigenvalue weighted by Gasteiger charge is 2.27. The minimum atomic E-state index is 0.334. The molecule has 0 spiro atoms. The van der Waals surface area contributed by atoms with Gasteiger partial charge in [-0.25, -0.2) is 4.98 Å². The van der Waals surface area contributed by atoms with Crippen LogP contribution in [0.5, 0.6) is 0 Å². The van der Waals surface area contributed by atoms with Crippen molar-refractivity contribution in [3.8, 4) is 10.8 Å². The number of aryl methyl sites for hydroxylation is 2. The number of aromatic nitrogens is 1. The van der Waals surface area contributed by atoms with Gasteiger partial charge in [-0.15, -0.1) is 11.3 Å². The summed E-state index contributed by atoms with van der Waals surface area (Å²) in [7, 11) is 0. The fourth-order valence-electron chi connectivity index (χ4n) is 4.26. The second-order valence-corrected chi connectivity index (χ2v) is 9.11. The number of rotatable bonds is 6. The van der Waals surface area contributed by atoms with E-state index < -0.39 is 0 Å². The summed E-state index contributed by atoms with van der Waals surface area (Å²) in [5.41, 5.74) is 1.06. The summed E-state index contributed by atoms with van der Waals surface area (Å²) in [5.74, 6) is 2.01. The van der Waals surface area contributed by atoms with E-state index in [4.69, 9.17) is 9.40 Å². The van der Waals surface area contributed by atoms with Crippen LogP contribution in [0, 0.1) is 13.8 Å². The van der Waals surface area contributed by atoms with E-state index in [1.807, 2.05) is 11.8 Å². The Labute approximate surface area is 165 Å². The minimum absolute atomic E-state index is 0.334. The van der Waals surface area contributed by atoms with Crippen molar-refractivity contribution in [1.29, 1.82) is 0 Å². The van der Waals surface area contributed by atoms with Crippen molar-refractivity contribution in [2.75, 3.05) is 19.6 Å². The lowest BCUT2D eigenvalue weighted by atomic mass is 9.98. The van der Waals surface area contributed by atoms with Gasteiger partial charge < -0.3 is 9.32 Å². The summed E-state index contributed by atoms with van der Waals surface area (Å²) in [5, 5.41) is 0. The second-order valence-electron chi connectivity index (χ2n) is 7.83. The quantitative estimate of drug-likeness (QED) is 0.738. The Bertz CT molecular complexity index is 797. The molecule has 0 radical (unpaired) electrons. The van der Waals surface area contributed by atoms with Gasteiger partial charge in [-0.2, -0.15) is 0 Å². The average molecular weight is 388 g/mol. The van der Waals surface area contributed by atoms with Gasteiger partial charge in [0.15, 0.2) is 0 Å². The third kappa shape index (κ3) is 4.27. The number of oxazole rings is 1. The lowest BCUT2D eigenvalue weighted by Gasteiger charge is -2.36. The molecule has 146 valence electrons. The number of carbonyl (C=O) groups is 1. The van der Waals surface area contributed by atoms with Gasteiger partial charge in [0.2, 0.25) is 11.8 Å². The van der Waals surface area contributed by atoms with Crippen LogP contribution in [0.4, 0.5) is 0 Å². The summed E-state index contributed by atoms with van der Waals surface area (Å²) in [6.07, 6.45) is 6.57. The van der Waals surface area contributed by atoms with Crippen LogP contribution in [0.1, 0.15) is 54.9 Å². The molecule has 2 aromatic rings. The van der Waals surface area contributed by atoms with Gasteiger partial charge in [0, 0.05) is 37.0 Å². The first-order valence-electron chi connectivity index (χ1n) is 10.1. The molecule has 4 heterocycles. The molecular weight excluding hydrogens is 358 g/mol. The molecule has 0 saturated carbocycles. The van der Waals surface area contributed by atoms with Crippen molar-refractivity contribution >= 4 is 17.2 Å². The van der Waals surface area contributed by atoms with E-state index in [0.717, 1.165) is 67.7 Å². The highest BCUT2D eigenvalue weighted by atomic mass is 32.1. The Balaban J connectivity index is 1.42. The fourth-order valence-corrected chi connectivity index (χ4v) is 5.06. The largest absolute Gasteiger partial charge is 0.440 e. The molecule has 0 unspecified atom stereocenters. The summed E-state index contributed by atoms with van der Waals surface area (Å²) in [6.45, 7) is 7.92. The Hall–Kier alpha value is -1.66. The molecule has 1 amide bonds. The second kappa shape index (κ2) is 8.15. The normalized spacial score (nSPS) is 21.3. The standard InChI is InChI=1S/C21H29N3O2S/c1-15-8-9-19(27-15)21-22-18(16(2)26-21)14-24-11-4-3-6-17(24)10-13-23-12-5-7-20(23)25/h8-9,17H,3-7,10-14H2,1-2H3/t17-/m0/s1. The molecule has 0 aromatic carbocycles. The van der Waals surface area contributed by atoms with Crippen molar-refractivity contribution in [2.24, 2.45) is 0 Å². The number of nitrogens with zero attached hydrogens (tertiary/aromatic N) is 3. The number of hydrogen-bond acceptors (Lipinski definition) is 5. The van der Waals surface area contributed by atoms with Gasteiger partial charge in [-0.05, 0) is 58.2 Å². The van der Waals surface area contributed by atoms with E-state index in [9.17, 15) is 4.79 Å². The Morgan fingerprint density at radius 1 is 1.22 bits per heavy atom. The number of thiophene rings is 1. The van der Waals surface area contributed by atoms with Crippen molar-refractivity contribution < 1.29 is 9.21 Å². The predicted molar refractivity (Wildman–Crippen MR) is 108 cm³/mol. The maximum absolute atomic E-state index is 11.9. The van der Waals surface area contributed by atoms with Gasteiger partial charge in [-0.1, -0.05) is 6.42 Å². The highest BCUT2D eigenvalue weighted by Crippen LogP contribution is 2.30. The molecule has 0 N–H and O–H groups in total. The maximum Gasteiger partial charge on any atom is 0.236 e. The number of hydrogen-bond donors (Lipinski definition) is 0. The van der Waals surface area contributed by atoms with Crippen LogP contribution in [0.2, 0.25) is 0 Å². The van der Waals surface area contributed by atoms with Gasteiger partial charge in [-0.3, -0.25) is 9.69 Å². The van der Waals surface area contributed by atoms with Gasteiger partial charge in [0.25, 0.3) is 0 Å². The van der Waals surface area contributed by atoms with Crippen LogP contribution in [0.3, 0.4) is 0 Å². The van der Waals surface area contributed by atoms with Crippen LogP contribution in [0.25, 0.3) is 10.8 Å². The van der Waals surface area contributed by atoms with E-state index in [2.05, 4.69) is 24.0 Å². The molecule has 5 nitrogen and oxygen atoms in total. The molecule has 6 heteroatoms. The number of carbonyl (C=O) groups excluding carboxylic acids is 1. The van der Waals surface area contributed by atoms with E-state index in [-0.39, 0.29) is 0 Å². The molecule has 4 rings (SSSR count). The zero-order chi connectivity index (χ0) is 18.8. The van der Waals surface area contributed by atoms with E-state index in [1.165, 1.54) is 24.1 Å². The smallest absolute Gasteiger partial charge is 0.236 e. The lowest BCUT2D eigenvalue weighted by Crippen LogP contribution is -2.41. The molecule has 27 heavy (non-hydrogen) atoms. The molecular formula is C21H29N3O2S. The zero-order valence-electron chi connectivity index (χ0n) is 16.4. The topological polar surface area (TPSA) is 49.6 Å². The first-order valence-corrected chi connectivity index (χ1v) is 11.0. The third-order valence-electron chi connectivity index (χ3n) is 5.85. The number of amides is 1. The summed E-state index contributed by atoms with van der Waals surface area (Å²) in [4.78, 5) is 23.7. The van der Waals surface area contributed by atoms with Gasteiger partial charge in [0.1, 0.15) is 5.76 Å². The molecule has 2 aromatic heterocycles. The van der Waals surface area contributed by atoms with E-state index in [0.29, 0.717) is 11.9 Å². The first kappa shape index (κ1) is 18.7. The summed E-state index contributed by atoms with van der Waals surface area (Å²) < 4.78 is 5.97. The monoisotopic (exact) mass is 387 g/mol. The highest BCUT2D eigenvalue weighted by molar-refractivity contribution is 7.15. The van der Waals surface area contributed by atoms with Crippen molar-refractivity contribution in [3.05, 3.63) is 28.5 Å². The molecule has 2 saturated heterocycles. The molecule has 2 aliphatic heterocycles. The van der Waals surface area contributed by atoms with Crippen LogP contribution in [-0.4, -0.2) is 46.4 Å². The molecule has 2 aliphatic rings. The van der Waals surface area contributed by atoms with Gasteiger partial charge in [0.05, 0.1) is 10.6 Å². The van der Waals surface area contributed by atoms with Crippen LogP contribution in [-0.2, 0) is 11.3 Å². The first-order chi connectivity index (χ1) is 13.1. The summed E-state index contributed by atoms with van der Waals surface area (Å²) >= 11 is 1.72. The predicted octanol–water partition coefficient (Wildman–Crippen LogP) is 4.39. The van der Waals surface area contributed by atoms with Crippen molar-refractivity contribution in [1.82, 2.24) is 14.8 Å². The minimum Gasteiger partial charge on any atom is -0.440 e. The van der Waals surface area contributed by atoms with E-state index in [1.54, 1.807) is 11.3 Å². The van der Waals surface area contributed by atoms with Crippen LogP contribution in [0.15, 0.2) is 16.5 Å². The van der Waals surface area contributed by atoms with Crippen molar-refractivity contribution in [3.63, 3.8) is 0 Å². The van der Waals surface area contributed by atoms with Crippen LogP contribution >= 0.6 is 11.3 Å². The van der Waals surface area contributed by atoms with Crippen LogP contribution < -0.4 is 0 Å². The average Bonchev–Trinajstić information content (AvgIpc) is 3.36. The third-order valence-corrected chi connectivity index (χ3v) is 6.84. The fraction of sp³-hybridized carbons (Fsp3) is 0.619. The number of likely N-dealkylation sites (tertiary alicyclic amines) is 2. The molecule has 1 atom stereocenters. The molecule has 2 fully saturated rings. The van der Waals surface area contributed by atoms with Crippen molar-refractivity contribution in [2.45, 2.75) is 65.0 Å². The lowest BCUT2D eigenvalue weighted by molar-refractivity contribution is -0.127. The Kier molecular flexibility index (Phi) is 5.64. The van der Waals surface area contributed by atoms with Gasteiger partial charge >= 0.3 is 0 Å². The van der Waals surface area contributed by atoms with E-state index >= 15 is 0 Å². The SMILES string of the molecule is Cc1ccc(-c2nc(CN3CCCC[C@H]3CCN3CCCC3=O)c(C)o2)s1. The Morgan fingerprint density at radius 2 is 2.11 bits per heavy atom. The Morgan fingerprint density at radius 3 is 2.85 bits per heavy atom. The molecule has 0 bridgehead atoms. The zero-order valence-corrected chi connectivity index (χ0v) is 17.2. The maximum atomic E-state index is 11.9. The number of piperidine rings is 1. The summed E-state index contributed by atoms with van der Waals surface area (Å²) in [6, 6.07) is 4.74. The molecule has 0 aliphatic carbocycles.